The minimum Gasteiger partial charge on any atom is -0.393 e. The van der Waals surface area contributed by atoms with Crippen molar-refractivity contribution in [3.63, 3.8) is 0 Å². The van der Waals surface area contributed by atoms with E-state index in [4.69, 9.17) is 16.1 Å². The lowest BCUT2D eigenvalue weighted by atomic mass is 10.1. The van der Waals surface area contributed by atoms with Gasteiger partial charge in [-0.05, 0) is 68.3 Å². The molecule has 1 fully saturated rings. The van der Waals surface area contributed by atoms with Crippen LogP contribution in [0.15, 0.2) is 53.1 Å². The first-order chi connectivity index (χ1) is 14.5. The Morgan fingerprint density at radius 2 is 1.83 bits per heavy atom. The third kappa shape index (κ3) is 4.63. The summed E-state index contributed by atoms with van der Waals surface area (Å²) in [5.74, 6) is 0.566. The number of hydrogen-bond acceptors (Lipinski definition) is 6. The highest BCUT2D eigenvalue weighted by molar-refractivity contribution is 6.30. The van der Waals surface area contributed by atoms with Crippen molar-refractivity contribution in [2.24, 2.45) is 0 Å². The molecule has 7 nitrogen and oxygen atoms in total. The molecule has 1 unspecified atom stereocenters. The number of anilines is 1. The molecule has 1 atom stereocenters. The summed E-state index contributed by atoms with van der Waals surface area (Å²) in [4.78, 5) is 19.2. The summed E-state index contributed by atoms with van der Waals surface area (Å²) in [5, 5.41) is 17.2. The molecule has 156 valence electrons. The second-order valence-electron chi connectivity index (χ2n) is 7.42. The van der Waals surface area contributed by atoms with E-state index in [1.165, 1.54) is 0 Å². The summed E-state index contributed by atoms with van der Waals surface area (Å²) in [6.45, 7) is 3.44. The highest BCUT2D eigenvalue weighted by Gasteiger charge is 2.19. The fourth-order valence-corrected chi connectivity index (χ4v) is 3.54. The Labute approximate surface area is 179 Å². The smallest absolute Gasteiger partial charge is 0.257 e. The summed E-state index contributed by atoms with van der Waals surface area (Å²) in [6.07, 6.45) is 1.32. The maximum absolute atomic E-state index is 12.6. The normalized spacial score (nSPS) is 15.8. The van der Waals surface area contributed by atoms with Crippen LogP contribution in [0.1, 0.15) is 42.0 Å². The average Bonchev–Trinajstić information content (AvgIpc) is 3.25. The van der Waals surface area contributed by atoms with Crippen LogP contribution in [0.3, 0.4) is 0 Å². The van der Waals surface area contributed by atoms with Crippen molar-refractivity contribution in [2.45, 2.75) is 31.9 Å². The van der Waals surface area contributed by atoms with E-state index in [1.807, 2.05) is 19.1 Å². The molecule has 1 aliphatic rings. The number of rotatable bonds is 5. The largest absolute Gasteiger partial charge is 0.393 e. The number of hydrogen-bond donors (Lipinski definition) is 2. The van der Waals surface area contributed by atoms with Crippen molar-refractivity contribution in [2.75, 3.05) is 18.0 Å². The SMILES string of the molecule is CC(NC(=O)c1ccc(N2CCC(O)CC2)cc1)c1noc(-c2ccc(Cl)cc2)n1. The number of benzene rings is 2. The van der Waals surface area contributed by atoms with Crippen LogP contribution >= 0.6 is 11.6 Å². The van der Waals surface area contributed by atoms with Gasteiger partial charge < -0.3 is 19.8 Å². The van der Waals surface area contributed by atoms with Gasteiger partial charge in [-0.3, -0.25) is 4.79 Å². The third-order valence-corrected chi connectivity index (χ3v) is 5.48. The molecule has 0 spiro atoms. The van der Waals surface area contributed by atoms with Crippen LogP contribution in [0, 0.1) is 0 Å². The van der Waals surface area contributed by atoms with Crippen LogP contribution < -0.4 is 10.2 Å². The molecule has 0 saturated carbocycles. The molecule has 30 heavy (non-hydrogen) atoms. The van der Waals surface area contributed by atoms with Gasteiger partial charge in [-0.2, -0.15) is 4.98 Å². The molecule has 3 aromatic rings. The summed E-state index contributed by atoms with van der Waals surface area (Å²) >= 11 is 5.90. The van der Waals surface area contributed by atoms with E-state index in [1.54, 1.807) is 36.4 Å². The molecule has 1 aliphatic heterocycles. The van der Waals surface area contributed by atoms with Crippen molar-refractivity contribution < 1.29 is 14.4 Å². The Balaban J connectivity index is 1.38. The molecule has 1 saturated heterocycles. The van der Waals surface area contributed by atoms with Crippen molar-refractivity contribution in [1.29, 1.82) is 0 Å². The molecular formula is C22H23ClN4O3. The third-order valence-electron chi connectivity index (χ3n) is 5.23. The molecule has 2 aromatic carbocycles. The van der Waals surface area contributed by atoms with Gasteiger partial charge in [0.1, 0.15) is 0 Å². The molecule has 1 aromatic heterocycles. The summed E-state index contributed by atoms with van der Waals surface area (Å²) in [6, 6.07) is 14.2. The van der Waals surface area contributed by atoms with E-state index in [0.717, 1.165) is 37.2 Å². The molecular weight excluding hydrogens is 404 g/mol. The summed E-state index contributed by atoms with van der Waals surface area (Å²) in [5.41, 5.74) is 2.37. The molecule has 2 heterocycles. The molecule has 0 aliphatic carbocycles. The Kier molecular flexibility index (Phi) is 6.01. The van der Waals surface area contributed by atoms with Crippen LogP contribution in [0.5, 0.6) is 0 Å². The lowest BCUT2D eigenvalue weighted by Crippen LogP contribution is -2.35. The first-order valence-electron chi connectivity index (χ1n) is 9.93. The van der Waals surface area contributed by atoms with Crippen molar-refractivity contribution in [3.8, 4) is 11.5 Å². The molecule has 1 amide bonds. The van der Waals surface area contributed by atoms with Gasteiger partial charge in [0.05, 0.1) is 12.1 Å². The Morgan fingerprint density at radius 1 is 1.17 bits per heavy atom. The van der Waals surface area contributed by atoms with Gasteiger partial charge in [-0.15, -0.1) is 0 Å². The molecule has 8 heteroatoms. The number of nitrogens with zero attached hydrogens (tertiary/aromatic N) is 3. The lowest BCUT2D eigenvalue weighted by Gasteiger charge is -2.31. The standard InChI is InChI=1S/C22H23ClN4O3/c1-14(20-25-22(30-26-20)16-2-6-17(23)7-3-16)24-21(29)15-4-8-18(9-5-15)27-12-10-19(28)11-13-27/h2-9,14,19,28H,10-13H2,1H3,(H,24,29). The number of aliphatic hydroxyl groups excluding tert-OH is 1. The number of aliphatic hydroxyl groups is 1. The molecule has 0 radical (unpaired) electrons. The van der Waals surface area contributed by atoms with E-state index >= 15 is 0 Å². The van der Waals surface area contributed by atoms with E-state index in [-0.39, 0.29) is 12.0 Å². The van der Waals surface area contributed by atoms with E-state index in [0.29, 0.717) is 22.3 Å². The monoisotopic (exact) mass is 426 g/mol. The number of nitrogens with one attached hydrogen (secondary N) is 1. The number of halogens is 1. The van der Waals surface area contributed by atoms with E-state index in [2.05, 4.69) is 20.4 Å². The van der Waals surface area contributed by atoms with Gasteiger partial charge in [0, 0.05) is 34.9 Å². The molecule has 2 N–H and O–H groups in total. The van der Waals surface area contributed by atoms with Gasteiger partial charge in [-0.1, -0.05) is 16.8 Å². The maximum atomic E-state index is 12.6. The quantitative estimate of drug-likeness (QED) is 0.644. The average molecular weight is 427 g/mol. The minimum atomic E-state index is -0.412. The van der Waals surface area contributed by atoms with Gasteiger partial charge in [0.25, 0.3) is 11.8 Å². The predicted molar refractivity (Wildman–Crippen MR) is 115 cm³/mol. The van der Waals surface area contributed by atoms with Gasteiger partial charge in [0.15, 0.2) is 5.82 Å². The Hall–Kier alpha value is -2.90. The number of carbonyl (C=O) groups excluding carboxylic acids is 1. The second-order valence-corrected chi connectivity index (χ2v) is 7.86. The zero-order chi connectivity index (χ0) is 21.1. The van der Waals surface area contributed by atoms with Crippen LogP contribution in [0.2, 0.25) is 5.02 Å². The van der Waals surface area contributed by atoms with Gasteiger partial charge >= 0.3 is 0 Å². The van der Waals surface area contributed by atoms with Crippen molar-refractivity contribution in [3.05, 3.63) is 64.9 Å². The Morgan fingerprint density at radius 3 is 2.50 bits per heavy atom. The van der Waals surface area contributed by atoms with E-state index in [9.17, 15) is 9.90 Å². The zero-order valence-electron chi connectivity index (χ0n) is 16.6. The van der Waals surface area contributed by atoms with Crippen LogP contribution in [0.25, 0.3) is 11.5 Å². The highest BCUT2D eigenvalue weighted by atomic mass is 35.5. The van der Waals surface area contributed by atoms with Gasteiger partial charge in [-0.25, -0.2) is 0 Å². The first-order valence-corrected chi connectivity index (χ1v) is 10.3. The number of carbonyl (C=O) groups is 1. The van der Waals surface area contributed by atoms with Crippen molar-refractivity contribution in [1.82, 2.24) is 15.5 Å². The van der Waals surface area contributed by atoms with Crippen LogP contribution in [0.4, 0.5) is 5.69 Å². The molecule has 4 rings (SSSR count). The summed E-state index contributed by atoms with van der Waals surface area (Å²) in [7, 11) is 0. The minimum absolute atomic E-state index is 0.207. The zero-order valence-corrected chi connectivity index (χ0v) is 17.3. The lowest BCUT2D eigenvalue weighted by molar-refractivity contribution is 0.0938. The molecule has 0 bridgehead atoms. The summed E-state index contributed by atoms with van der Waals surface area (Å²) < 4.78 is 5.31. The fourth-order valence-electron chi connectivity index (χ4n) is 3.41. The maximum Gasteiger partial charge on any atom is 0.257 e. The topological polar surface area (TPSA) is 91.5 Å². The fraction of sp³-hybridized carbons (Fsp3) is 0.318. The van der Waals surface area contributed by atoms with Crippen molar-refractivity contribution >= 4 is 23.2 Å². The van der Waals surface area contributed by atoms with Crippen LogP contribution in [-0.2, 0) is 0 Å². The number of amides is 1. The Bertz CT molecular complexity index is 996. The van der Waals surface area contributed by atoms with Crippen LogP contribution in [-0.4, -0.2) is 40.3 Å². The predicted octanol–water partition coefficient (Wildman–Crippen LogP) is 3.84. The number of aromatic nitrogens is 2. The van der Waals surface area contributed by atoms with E-state index < -0.39 is 6.04 Å². The first kappa shape index (κ1) is 20.4. The second kappa shape index (κ2) is 8.85. The van der Waals surface area contributed by atoms with Gasteiger partial charge in [0.2, 0.25) is 0 Å². The number of piperidine rings is 1. The highest BCUT2D eigenvalue weighted by Crippen LogP contribution is 2.23.